The average Bonchev–Trinajstić information content (AvgIpc) is 2.97. The van der Waals surface area contributed by atoms with E-state index in [1.807, 2.05) is 0 Å². The summed E-state index contributed by atoms with van der Waals surface area (Å²) in [4.78, 5) is 15.6. The van der Waals surface area contributed by atoms with Crippen LogP contribution in [0.3, 0.4) is 0 Å². The van der Waals surface area contributed by atoms with E-state index < -0.39 is 0 Å². The highest BCUT2D eigenvalue weighted by Crippen LogP contribution is 2.23. The Morgan fingerprint density at radius 3 is 3.25 bits per heavy atom. The molecule has 2 N–H and O–H groups in total. The SMILES string of the molecule is c1nc(SC[C@@H]2CCCN2)c2[nH]cnc2n1. The van der Waals surface area contributed by atoms with E-state index in [-0.39, 0.29) is 0 Å². The number of aromatic nitrogens is 4. The van der Waals surface area contributed by atoms with Gasteiger partial charge in [0.25, 0.3) is 0 Å². The number of rotatable bonds is 3. The molecule has 2 aromatic rings. The highest BCUT2D eigenvalue weighted by molar-refractivity contribution is 7.99. The third-order valence-electron chi connectivity index (χ3n) is 2.77. The van der Waals surface area contributed by atoms with Crippen LogP contribution in [-0.4, -0.2) is 38.3 Å². The molecule has 0 radical (unpaired) electrons. The van der Waals surface area contributed by atoms with E-state index in [1.54, 1.807) is 24.4 Å². The fourth-order valence-corrected chi connectivity index (χ4v) is 2.99. The normalized spacial score (nSPS) is 20.6. The molecule has 84 valence electrons. The van der Waals surface area contributed by atoms with Crippen LogP contribution in [-0.2, 0) is 0 Å². The van der Waals surface area contributed by atoms with E-state index in [0.29, 0.717) is 6.04 Å². The average molecular weight is 235 g/mol. The predicted octanol–water partition coefficient (Wildman–Crippen LogP) is 1.20. The molecule has 5 nitrogen and oxygen atoms in total. The number of thioether (sulfide) groups is 1. The lowest BCUT2D eigenvalue weighted by Gasteiger charge is -2.08. The summed E-state index contributed by atoms with van der Waals surface area (Å²) >= 11 is 1.77. The van der Waals surface area contributed by atoms with E-state index in [0.717, 1.165) is 28.5 Å². The molecular weight excluding hydrogens is 222 g/mol. The number of nitrogens with zero attached hydrogens (tertiary/aromatic N) is 3. The largest absolute Gasteiger partial charge is 0.341 e. The van der Waals surface area contributed by atoms with Crippen molar-refractivity contribution in [1.82, 2.24) is 25.3 Å². The minimum Gasteiger partial charge on any atom is -0.341 e. The predicted molar refractivity (Wildman–Crippen MR) is 63.4 cm³/mol. The van der Waals surface area contributed by atoms with Crippen LogP contribution in [0.4, 0.5) is 0 Å². The van der Waals surface area contributed by atoms with Crippen LogP contribution in [0.25, 0.3) is 11.2 Å². The Kier molecular flexibility index (Phi) is 2.75. The van der Waals surface area contributed by atoms with Gasteiger partial charge in [-0.05, 0) is 19.4 Å². The summed E-state index contributed by atoms with van der Waals surface area (Å²) in [5.74, 6) is 1.06. The van der Waals surface area contributed by atoms with Crippen molar-refractivity contribution in [2.24, 2.45) is 0 Å². The summed E-state index contributed by atoms with van der Waals surface area (Å²) in [7, 11) is 0. The summed E-state index contributed by atoms with van der Waals surface area (Å²) < 4.78 is 0. The minimum atomic E-state index is 0.623. The van der Waals surface area contributed by atoms with Crippen molar-refractivity contribution in [2.45, 2.75) is 23.9 Å². The number of aromatic amines is 1. The van der Waals surface area contributed by atoms with Crippen molar-refractivity contribution < 1.29 is 0 Å². The molecule has 0 saturated carbocycles. The maximum absolute atomic E-state index is 4.29. The number of imidazole rings is 1. The summed E-state index contributed by atoms with van der Waals surface area (Å²) in [5.41, 5.74) is 1.70. The van der Waals surface area contributed by atoms with Crippen LogP contribution < -0.4 is 5.32 Å². The molecule has 2 aromatic heterocycles. The molecule has 3 heterocycles. The number of H-pyrrole nitrogens is 1. The van der Waals surface area contributed by atoms with Gasteiger partial charge in [-0.25, -0.2) is 15.0 Å². The Labute approximate surface area is 97.5 Å². The Balaban J connectivity index is 1.75. The van der Waals surface area contributed by atoms with Gasteiger partial charge in [-0.2, -0.15) is 0 Å². The third kappa shape index (κ3) is 1.90. The second-order valence-corrected chi connectivity index (χ2v) is 4.89. The van der Waals surface area contributed by atoms with Gasteiger partial charge in [0, 0.05) is 11.8 Å². The van der Waals surface area contributed by atoms with Crippen molar-refractivity contribution in [1.29, 1.82) is 0 Å². The second-order valence-electron chi connectivity index (χ2n) is 3.88. The van der Waals surface area contributed by atoms with E-state index >= 15 is 0 Å². The van der Waals surface area contributed by atoms with Crippen molar-refractivity contribution in [3.63, 3.8) is 0 Å². The molecule has 0 unspecified atom stereocenters. The van der Waals surface area contributed by atoms with Crippen molar-refractivity contribution >= 4 is 22.9 Å². The van der Waals surface area contributed by atoms with Crippen LogP contribution >= 0.6 is 11.8 Å². The third-order valence-corrected chi connectivity index (χ3v) is 3.92. The van der Waals surface area contributed by atoms with Crippen LogP contribution in [0.5, 0.6) is 0 Å². The maximum atomic E-state index is 4.29. The quantitative estimate of drug-likeness (QED) is 0.618. The smallest absolute Gasteiger partial charge is 0.181 e. The van der Waals surface area contributed by atoms with Gasteiger partial charge < -0.3 is 10.3 Å². The second kappa shape index (κ2) is 4.39. The Morgan fingerprint density at radius 1 is 1.38 bits per heavy atom. The maximum Gasteiger partial charge on any atom is 0.181 e. The summed E-state index contributed by atoms with van der Waals surface area (Å²) in [6.45, 7) is 1.15. The molecule has 1 aliphatic heterocycles. The zero-order chi connectivity index (χ0) is 10.8. The highest BCUT2D eigenvalue weighted by Gasteiger charge is 2.15. The van der Waals surface area contributed by atoms with Gasteiger partial charge in [0.05, 0.1) is 6.33 Å². The lowest BCUT2D eigenvalue weighted by molar-refractivity contribution is 0.673. The zero-order valence-corrected chi connectivity index (χ0v) is 9.63. The van der Waals surface area contributed by atoms with Gasteiger partial charge in [0.1, 0.15) is 16.9 Å². The first-order valence-electron chi connectivity index (χ1n) is 5.44. The number of fused-ring (bicyclic) bond motifs is 1. The first-order chi connectivity index (χ1) is 7.93. The number of nitrogens with one attached hydrogen (secondary N) is 2. The fraction of sp³-hybridized carbons (Fsp3) is 0.500. The number of hydrogen-bond acceptors (Lipinski definition) is 5. The van der Waals surface area contributed by atoms with Crippen LogP contribution in [0.1, 0.15) is 12.8 Å². The molecule has 0 amide bonds. The van der Waals surface area contributed by atoms with Gasteiger partial charge in [0.15, 0.2) is 5.65 Å². The monoisotopic (exact) mass is 235 g/mol. The Bertz CT molecular complexity index is 477. The molecule has 1 aliphatic rings. The number of hydrogen-bond donors (Lipinski definition) is 2. The standard InChI is InChI=1S/C10H13N5S/c1-2-7(11-3-1)4-16-10-8-9(13-5-12-8)14-6-15-10/h5-7,11H,1-4H2,(H,12,13,14,15)/t7-/m0/s1. The van der Waals surface area contributed by atoms with Crippen molar-refractivity contribution in [3.8, 4) is 0 Å². The lowest BCUT2D eigenvalue weighted by Crippen LogP contribution is -2.23. The molecule has 0 spiro atoms. The summed E-state index contributed by atoms with van der Waals surface area (Å²) in [6, 6.07) is 0.623. The van der Waals surface area contributed by atoms with Gasteiger partial charge >= 0.3 is 0 Å². The van der Waals surface area contributed by atoms with Gasteiger partial charge in [0.2, 0.25) is 0 Å². The first kappa shape index (κ1) is 10.0. The Hall–Kier alpha value is -1.14. The molecule has 6 heteroatoms. The van der Waals surface area contributed by atoms with E-state index in [9.17, 15) is 0 Å². The highest BCUT2D eigenvalue weighted by atomic mass is 32.2. The molecule has 1 saturated heterocycles. The summed E-state index contributed by atoms with van der Waals surface area (Å²) in [6.07, 6.45) is 5.80. The fourth-order valence-electron chi connectivity index (χ4n) is 1.93. The molecular formula is C10H13N5S. The van der Waals surface area contributed by atoms with Crippen LogP contribution in [0.15, 0.2) is 17.7 Å². The van der Waals surface area contributed by atoms with Crippen molar-refractivity contribution in [3.05, 3.63) is 12.7 Å². The molecule has 0 aliphatic carbocycles. The summed E-state index contributed by atoms with van der Waals surface area (Å²) in [5, 5.41) is 4.48. The molecule has 0 aromatic carbocycles. The minimum absolute atomic E-state index is 0.623. The zero-order valence-electron chi connectivity index (χ0n) is 8.81. The molecule has 1 atom stereocenters. The van der Waals surface area contributed by atoms with Crippen LogP contribution in [0, 0.1) is 0 Å². The van der Waals surface area contributed by atoms with Gasteiger partial charge in [-0.15, -0.1) is 11.8 Å². The van der Waals surface area contributed by atoms with Crippen LogP contribution in [0.2, 0.25) is 0 Å². The van der Waals surface area contributed by atoms with Gasteiger partial charge in [-0.1, -0.05) is 0 Å². The lowest BCUT2D eigenvalue weighted by atomic mass is 10.3. The molecule has 16 heavy (non-hydrogen) atoms. The van der Waals surface area contributed by atoms with E-state index in [1.165, 1.54) is 12.8 Å². The Morgan fingerprint density at radius 2 is 2.38 bits per heavy atom. The molecule has 3 rings (SSSR count). The van der Waals surface area contributed by atoms with Gasteiger partial charge in [-0.3, -0.25) is 0 Å². The molecule has 1 fully saturated rings. The van der Waals surface area contributed by atoms with E-state index in [4.69, 9.17) is 0 Å². The first-order valence-corrected chi connectivity index (χ1v) is 6.42. The topological polar surface area (TPSA) is 66.5 Å². The van der Waals surface area contributed by atoms with E-state index in [2.05, 4.69) is 25.3 Å². The molecule has 0 bridgehead atoms. The van der Waals surface area contributed by atoms with Crippen molar-refractivity contribution in [2.75, 3.05) is 12.3 Å².